The van der Waals surface area contributed by atoms with E-state index in [-0.39, 0.29) is 11.5 Å². The number of rotatable bonds is 5. The van der Waals surface area contributed by atoms with Crippen molar-refractivity contribution in [1.29, 1.82) is 0 Å². The highest BCUT2D eigenvalue weighted by Crippen LogP contribution is 2.46. The minimum Gasteiger partial charge on any atom is -0.478 e. The Morgan fingerprint density at radius 3 is 2.38 bits per heavy atom. The molecule has 2 aliphatic rings. The Kier molecular flexibility index (Phi) is 6.25. The lowest BCUT2D eigenvalue weighted by Crippen LogP contribution is -2.26. The molecule has 34 heavy (non-hydrogen) atoms. The summed E-state index contributed by atoms with van der Waals surface area (Å²) in [5.74, 6) is -0.687. The Morgan fingerprint density at radius 2 is 1.65 bits per heavy atom. The maximum absolute atomic E-state index is 14.0. The summed E-state index contributed by atoms with van der Waals surface area (Å²) >= 11 is 6.19. The number of para-hydroxylation sites is 1. The first kappa shape index (κ1) is 22.4. The van der Waals surface area contributed by atoms with Gasteiger partial charge in [-0.3, -0.25) is 4.79 Å². The van der Waals surface area contributed by atoms with Crippen molar-refractivity contribution in [3.8, 4) is 0 Å². The maximum Gasteiger partial charge on any atom is 0.335 e. The van der Waals surface area contributed by atoms with Crippen LogP contribution in [0.3, 0.4) is 0 Å². The summed E-state index contributed by atoms with van der Waals surface area (Å²) in [5, 5.41) is 10.1. The largest absolute Gasteiger partial charge is 0.478 e. The Balaban J connectivity index is 1.63. The third kappa shape index (κ3) is 4.26. The molecule has 4 nitrogen and oxygen atoms in total. The number of benzene rings is 3. The second kappa shape index (κ2) is 9.47. The summed E-state index contributed by atoms with van der Waals surface area (Å²) < 4.78 is 0. The van der Waals surface area contributed by atoms with Gasteiger partial charge in [0.15, 0.2) is 0 Å². The minimum atomic E-state index is -0.974. The number of carbonyl (C=O) groups is 2. The molecule has 1 aliphatic heterocycles. The summed E-state index contributed by atoms with van der Waals surface area (Å²) in [6.45, 7) is 0.318. The van der Waals surface area contributed by atoms with Gasteiger partial charge in [-0.05, 0) is 65.8 Å². The summed E-state index contributed by atoms with van der Waals surface area (Å²) in [5.41, 5.74) is 5.73. The van der Waals surface area contributed by atoms with Gasteiger partial charge < -0.3 is 10.0 Å². The number of anilines is 1. The third-order valence-corrected chi connectivity index (χ3v) is 7.13. The van der Waals surface area contributed by atoms with Crippen LogP contribution >= 0.6 is 11.6 Å². The van der Waals surface area contributed by atoms with E-state index in [0.29, 0.717) is 17.5 Å². The lowest BCUT2D eigenvalue weighted by molar-refractivity contribution is -0.113. The first-order chi connectivity index (χ1) is 16.5. The van der Waals surface area contributed by atoms with Crippen LogP contribution < -0.4 is 4.90 Å². The summed E-state index contributed by atoms with van der Waals surface area (Å²) in [7, 11) is 0. The van der Waals surface area contributed by atoms with Crippen LogP contribution in [0.5, 0.6) is 0 Å². The molecule has 172 valence electrons. The Morgan fingerprint density at radius 1 is 0.912 bits per heavy atom. The summed E-state index contributed by atoms with van der Waals surface area (Å²) in [6.07, 6.45) is 5.69. The molecule has 1 amide bonds. The zero-order valence-corrected chi connectivity index (χ0v) is 19.6. The Labute approximate surface area is 204 Å². The van der Waals surface area contributed by atoms with E-state index >= 15 is 0 Å². The predicted molar refractivity (Wildman–Crippen MR) is 136 cm³/mol. The van der Waals surface area contributed by atoms with Crippen LogP contribution in [0.4, 0.5) is 5.69 Å². The van der Waals surface area contributed by atoms with E-state index < -0.39 is 5.97 Å². The van der Waals surface area contributed by atoms with E-state index in [1.807, 2.05) is 54.6 Å². The molecule has 1 fully saturated rings. The van der Waals surface area contributed by atoms with Gasteiger partial charge in [-0.2, -0.15) is 0 Å². The lowest BCUT2D eigenvalue weighted by atomic mass is 9.78. The number of nitrogens with zero attached hydrogens (tertiary/aromatic N) is 1. The normalized spacial score (nSPS) is 17.6. The van der Waals surface area contributed by atoms with Crippen molar-refractivity contribution in [2.24, 2.45) is 5.92 Å². The highest BCUT2D eigenvalue weighted by atomic mass is 35.5. The van der Waals surface area contributed by atoms with E-state index in [1.54, 1.807) is 23.1 Å². The summed E-state index contributed by atoms with van der Waals surface area (Å²) in [4.78, 5) is 27.3. The first-order valence-corrected chi connectivity index (χ1v) is 12.1. The van der Waals surface area contributed by atoms with Gasteiger partial charge in [0, 0.05) is 10.6 Å². The molecule has 5 rings (SSSR count). The number of fused-ring (bicyclic) bond motifs is 1. The van der Waals surface area contributed by atoms with Gasteiger partial charge in [0.1, 0.15) is 0 Å². The van der Waals surface area contributed by atoms with Crippen molar-refractivity contribution in [1.82, 2.24) is 0 Å². The van der Waals surface area contributed by atoms with E-state index in [0.717, 1.165) is 59.2 Å². The fourth-order valence-corrected chi connectivity index (χ4v) is 5.41. The number of amides is 1. The number of carbonyl (C=O) groups excluding carboxylic acids is 1. The number of carboxylic acids is 1. The van der Waals surface area contributed by atoms with Crippen molar-refractivity contribution in [3.05, 3.63) is 100 Å². The van der Waals surface area contributed by atoms with Gasteiger partial charge in [-0.1, -0.05) is 73.3 Å². The molecule has 3 aromatic carbocycles. The zero-order chi connectivity index (χ0) is 23.7. The van der Waals surface area contributed by atoms with Crippen molar-refractivity contribution < 1.29 is 14.7 Å². The molecule has 1 saturated carbocycles. The maximum atomic E-state index is 14.0. The molecular weight excluding hydrogens is 446 g/mol. The topological polar surface area (TPSA) is 57.6 Å². The van der Waals surface area contributed by atoms with Crippen LogP contribution in [0.25, 0.3) is 11.1 Å². The number of hydrogen-bond acceptors (Lipinski definition) is 2. The number of halogens is 1. The number of aromatic carboxylic acids is 1. The monoisotopic (exact) mass is 471 g/mol. The van der Waals surface area contributed by atoms with E-state index in [4.69, 9.17) is 11.6 Å². The van der Waals surface area contributed by atoms with Crippen LogP contribution in [0.2, 0.25) is 5.02 Å². The van der Waals surface area contributed by atoms with Crippen LogP contribution in [0, 0.1) is 5.92 Å². The molecule has 0 spiro atoms. The van der Waals surface area contributed by atoms with Crippen molar-refractivity contribution >= 4 is 40.3 Å². The van der Waals surface area contributed by atoms with Crippen LogP contribution in [0.1, 0.15) is 59.2 Å². The Bertz CT molecular complexity index is 1270. The highest BCUT2D eigenvalue weighted by Gasteiger charge is 2.37. The molecule has 0 aromatic heterocycles. The van der Waals surface area contributed by atoms with Crippen molar-refractivity contribution in [3.63, 3.8) is 0 Å². The molecule has 1 heterocycles. The molecule has 1 aliphatic carbocycles. The van der Waals surface area contributed by atoms with Crippen molar-refractivity contribution in [2.45, 2.75) is 38.6 Å². The molecule has 5 heteroatoms. The van der Waals surface area contributed by atoms with E-state index in [9.17, 15) is 14.7 Å². The SMILES string of the molecule is O=C(O)c1cccc(CN2C(=O)/C(=C(/c3ccc(Cl)cc3)C3CCCCC3)c3ccccc32)c1. The van der Waals surface area contributed by atoms with Crippen LogP contribution in [-0.2, 0) is 11.3 Å². The number of allylic oxidation sites excluding steroid dienone is 1. The smallest absolute Gasteiger partial charge is 0.335 e. The molecule has 0 unspecified atom stereocenters. The minimum absolute atomic E-state index is 0.0301. The number of hydrogen-bond donors (Lipinski definition) is 1. The van der Waals surface area contributed by atoms with Gasteiger partial charge in [-0.25, -0.2) is 4.79 Å². The van der Waals surface area contributed by atoms with Crippen LogP contribution in [0.15, 0.2) is 72.8 Å². The second-order valence-corrected chi connectivity index (χ2v) is 9.48. The average Bonchev–Trinajstić information content (AvgIpc) is 3.13. The fraction of sp³-hybridized carbons (Fsp3) is 0.241. The van der Waals surface area contributed by atoms with Crippen LogP contribution in [-0.4, -0.2) is 17.0 Å². The molecule has 0 radical (unpaired) electrons. The van der Waals surface area contributed by atoms with Gasteiger partial charge >= 0.3 is 5.97 Å². The molecule has 0 atom stereocenters. The molecule has 0 bridgehead atoms. The Hall–Kier alpha value is -3.37. The third-order valence-electron chi connectivity index (χ3n) is 6.88. The van der Waals surface area contributed by atoms with Crippen molar-refractivity contribution in [2.75, 3.05) is 4.90 Å². The standard InChI is InChI=1S/C29H26ClNO3/c30-23-15-13-21(14-16-23)26(20-8-2-1-3-9-20)27-24-11-4-5-12-25(24)31(28(27)32)18-19-7-6-10-22(17-19)29(33)34/h4-7,10-17,20H,1-3,8-9,18H2,(H,33,34)/b27-26+. The lowest BCUT2D eigenvalue weighted by Gasteiger charge is -2.27. The molecule has 0 saturated heterocycles. The second-order valence-electron chi connectivity index (χ2n) is 9.04. The van der Waals surface area contributed by atoms with Gasteiger partial charge in [0.05, 0.1) is 23.4 Å². The molecule has 3 aromatic rings. The summed E-state index contributed by atoms with van der Waals surface area (Å²) in [6, 6.07) is 22.5. The molecule has 1 N–H and O–H groups in total. The van der Waals surface area contributed by atoms with Gasteiger partial charge in [-0.15, -0.1) is 0 Å². The van der Waals surface area contributed by atoms with Gasteiger partial charge in [0.25, 0.3) is 5.91 Å². The van der Waals surface area contributed by atoms with Gasteiger partial charge in [0.2, 0.25) is 0 Å². The highest BCUT2D eigenvalue weighted by molar-refractivity contribution is 6.37. The predicted octanol–water partition coefficient (Wildman–Crippen LogP) is 7.08. The van der Waals surface area contributed by atoms with E-state index in [2.05, 4.69) is 0 Å². The fourth-order valence-electron chi connectivity index (χ4n) is 5.29. The average molecular weight is 472 g/mol. The van der Waals surface area contributed by atoms with E-state index in [1.165, 1.54) is 6.42 Å². The molecular formula is C29H26ClNO3. The zero-order valence-electron chi connectivity index (χ0n) is 18.8. The quantitative estimate of drug-likeness (QED) is 0.404. The number of carboxylic acid groups (broad SMARTS) is 1. The first-order valence-electron chi connectivity index (χ1n) is 11.8.